The summed E-state index contributed by atoms with van der Waals surface area (Å²) in [6.45, 7) is 5.59. The number of rotatable bonds is 8. The number of para-hydroxylation sites is 1. The monoisotopic (exact) mass is 560 g/mol. The second kappa shape index (κ2) is 14.0. The van der Waals surface area contributed by atoms with E-state index >= 15 is 0 Å². The molecule has 41 heavy (non-hydrogen) atoms. The Morgan fingerprint density at radius 2 is 1.61 bits per heavy atom. The van der Waals surface area contributed by atoms with E-state index in [2.05, 4.69) is 27.9 Å². The molecule has 1 fully saturated rings. The maximum absolute atomic E-state index is 13.6. The minimum absolute atomic E-state index is 0.0848. The molecule has 4 rings (SSSR count). The quantitative estimate of drug-likeness (QED) is 0.313. The van der Waals surface area contributed by atoms with Crippen LogP contribution in [0.2, 0.25) is 0 Å². The highest BCUT2D eigenvalue weighted by Gasteiger charge is 2.34. The standard InChI is InChI=1S/C32H40N4O5/c1-4-5-11-20(2)28-18-29(37)35-26(16-22-12-7-6-8-13-22)31(39)34-21(3)30(38)36-27(32(40)41-28)17-23-19-33-25-15-10-9-14-24(23)25/h6-10,12-15,19-21,26-28,33H,4-5,11,16-18H2,1-3H3,(H,34,39)(H,35,37)(H,36,38)/t20-,21-,26-,27-,28+/m0/s1. The van der Waals surface area contributed by atoms with E-state index in [1.807, 2.05) is 67.7 Å². The number of unbranched alkanes of at least 4 members (excludes halogenated alkanes) is 1. The number of benzene rings is 2. The zero-order valence-electron chi connectivity index (χ0n) is 23.9. The van der Waals surface area contributed by atoms with Crippen molar-refractivity contribution in [2.24, 2.45) is 5.92 Å². The number of hydrogen-bond acceptors (Lipinski definition) is 5. The SMILES string of the molecule is CCCC[C@H](C)[C@H]1CC(=O)N[C@@H](Cc2ccccc2)C(=O)N[C@@H](C)C(=O)N[C@@H](Cc2c[nH]c3ccccc23)C(=O)O1. The van der Waals surface area contributed by atoms with Gasteiger partial charge >= 0.3 is 5.97 Å². The number of H-pyrrole nitrogens is 1. The number of cyclic esters (lactones) is 1. The topological polar surface area (TPSA) is 129 Å². The molecular weight excluding hydrogens is 520 g/mol. The minimum atomic E-state index is -1.01. The van der Waals surface area contributed by atoms with Gasteiger partial charge < -0.3 is 25.7 Å². The fourth-order valence-electron chi connectivity index (χ4n) is 5.19. The number of nitrogens with one attached hydrogen (secondary N) is 4. The Balaban J connectivity index is 1.63. The van der Waals surface area contributed by atoms with Crippen molar-refractivity contribution in [2.45, 2.75) is 83.5 Å². The van der Waals surface area contributed by atoms with Gasteiger partial charge in [-0.15, -0.1) is 0 Å². The summed E-state index contributed by atoms with van der Waals surface area (Å²) in [7, 11) is 0. The highest BCUT2D eigenvalue weighted by molar-refractivity contribution is 5.94. The Labute approximate surface area is 240 Å². The highest BCUT2D eigenvalue weighted by atomic mass is 16.5. The molecule has 5 atom stereocenters. The molecule has 0 saturated carbocycles. The molecule has 0 aliphatic carbocycles. The molecule has 1 aliphatic rings. The first-order valence-corrected chi connectivity index (χ1v) is 14.4. The lowest BCUT2D eigenvalue weighted by Gasteiger charge is -2.27. The Morgan fingerprint density at radius 3 is 2.37 bits per heavy atom. The molecule has 0 radical (unpaired) electrons. The van der Waals surface area contributed by atoms with Gasteiger partial charge in [-0.25, -0.2) is 4.79 Å². The fraction of sp³-hybridized carbons (Fsp3) is 0.438. The van der Waals surface area contributed by atoms with Gasteiger partial charge in [0.25, 0.3) is 0 Å². The van der Waals surface area contributed by atoms with Crippen LogP contribution in [0.3, 0.4) is 0 Å². The fourth-order valence-corrected chi connectivity index (χ4v) is 5.19. The summed E-state index contributed by atoms with van der Waals surface area (Å²) in [6, 6.07) is 14.2. The number of amides is 3. The van der Waals surface area contributed by atoms with Gasteiger partial charge in [0.05, 0.1) is 6.42 Å². The zero-order chi connectivity index (χ0) is 29.4. The van der Waals surface area contributed by atoms with E-state index in [1.165, 1.54) is 0 Å². The largest absolute Gasteiger partial charge is 0.460 e. The van der Waals surface area contributed by atoms with Crippen LogP contribution in [0.25, 0.3) is 10.9 Å². The van der Waals surface area contributed by atoms with E-state index in [1.54, 1.807) is 6.92 Å². The van der Waals surface area contributed by atoms with Crippen molar-refractivity contribution in [2.75, 3.05) is 0 Å². The van der Waals surface area contributed by atoms with Gasteiger partial charge in [0.2, 0.25) is 17.7 Å². The van der Waals surface area contributed by atoms with Crippen LogP contribution in [0, 0.1) is 5.92 Å². The number of carbonyl (C=O) groups excluding carboxylic acids is 4. The van der Waals surface area contributed by atoms with Gasteiger partial charge in [-0.2, -0.15) is 0 Å². The van der Waals surface area contributed by atoms with Gasteiger partial charge in [0, 0.05) is 29.9 Å². The van der Waals surface area contributed by atoms with Gasteiger partial charge in [-0.05, 0) is 36.5 Å². The van der Waals surface area contributed by atoms with Crippen LogP contribution >= 0.6 is 0 Å². The molecular formula is C32H40N4O5. The van der Waals surface area contributed by atoms with Crippen molar-refractivity contribution in [3.63, 3.8) is 0 Å². The molecule has 0 bridgehead atoms. The number of fused-ring (bicyclic) bond motifs is 1. The van der Waals surface area contributed by atoms with E-state index in [9.17, 15) is 19.2 Å². The molecule has 218 valence electrons. The summed E-state index contributed by atoms with van der Waals surface area (Å²) < 4.78 is 6.00. The molecule has 3 amide bonds. The number of hydrogen-bond donors (Lipinski definition) is 4. The summed E-state index contributed by atoms with van der Waals surface area (Å²) in [4.78, 5) is 56.7. The number of esters is 1. The lowest BCUT2D eigenvalue weighted by molar-refractivity contribution is -0.157. The van der Waals surface area contributed by atoms with E-state index < -0.39 is 42.0 Å². The molecule has 1 aliphatic heterocycles. The lowest BCUT2D eigenvalue weighted by atomic mass is 9.95. The van der Waals surface area contributed by atoms with Gasteiger partial charge in [-0.3, -0.25) is 14.4 Å². The third-order valence-corrected chi connectivity index (χ3v) is 7.69. The van der Waals surface area contributed by atoms with Gasteiger partial charge in [0.15, 0.2) is 0 Å². The number of aromatic nitrogens is 1. The van der Waals surface area contributed by atoms with E-state index in [4.69, 9.17) is 4.74 Å². The smallest absolute Gasteiger partial charge is 0.329 e. The molecule has 0 unspecified atom stereocenters. The Kier molecular flexibility index (Phi) is 10.2. The minimum Gasteiger partial charge on any atom is -0.460 e. The zero-order valence-corrected chi connectivity index (χ0v) is 23.9. The van der Waals surface area contributed by atoms with E-state index in [-0.39, 0.29) is 31.1 Å². The molecule has 3 aromatic rings. The molecule has 9 heteroatoms. The second-order valence-corrected chi connectivity index (χ2v) is 11.0. The summed E-state index contributed by atoms with van der Waals surface area (Å²) >= 11 is 0. The third kappa shape index (κ3) is 7.96. The molecule has 1 aromatic heterocycles. The summed E-state index contributed by atoms with van der Waals surface area (Å²) in [5, 5.41) is 9.30. The maximum Gasteiger partial charge on any atom is 0.329 e. The van der Waals surface area contributed by atoms with Crippen LogP contribution in [0.4, 0.5) is 0 Å². The first kappa shape index (κ1) is 29.8. The number of carbonyl (C=O) groups is 4. The molecule has 4 N–H and O–H groups in total. The highest BCUT2D eigenvalue weighted by Crippen LogP contribution is 2.22. The Bertz CT molecular complexity index is 1350. The molecule has 0 spiro atoms. The average Bonchev–Trinajstić information content (AvgIpc) is 3.37. The van der Waals surface area contributed by atoms with Crippen LogP contribution in [-0.2, 0) is 36.8 Å². The molecule has 2 aromatic carbocycles. The molecule has 1 saturated heterocycles. The van der Waals surface area contributed by atoms with Crippen molar-refractivity contribution in [3.8, 4) is 0 Å². The van der Waals surface area contributed by atoms with Crippen LogP contribution in [0.15, 0.2) is 60.8 Å². The third-order valence-electron chi connectivity index (χ3n) is 7.69. The summed E-state index contributed by atoms with van der Waals surface area (Å²) in [5.74, 6) is -2.08. The van der Waals surface area contributed by atoms with E-state index in [0.29, 0.717) is 0 Å². The van der Waals surface area contributed by atoms with Crippen LogP contribution < -0.4 is 16.0 Å². The van der Waals surface area contributed by atoms with Gasteiger partial charge in [-0.1, -0.05) is 75.2 Å². The average molecular weight is 561 g/mol. The predicted octanol–water partition coefficient (Wildman–Crippen LogP) is 3.57. The van der Waals surface area contributed by atoms with Crippen molar-refractivity contribution in [3.05, 3.63) is 71.9 Å². The number of aromatic amines is 1. The Hall–Kier alpha value is -4.14. The summed E-state index contributed by atoms with van der Waals surface area (Å²) in [6.07, 6.45) is 4.12. The van der Waals surface area contributed by atoms with Gasteiger partial charge in [0.1, 0.15) is 24.2 Å². The summed E-state index contributed by atoms with van der Waals surface area (Å²) in [5.41, 5.74) is 2.63. The maximum atomic E-state index is 13.6. The van der Waals surface area contributed by atoms with Crippen molar-refractivity contribution in [1.82, 2.24) is 20.9 Å². The van der Waals surface area contributed by atoms with Crippen molar-refractivity contribution in [1.29, 1.82) is 0 Å². The van der Waals surface area contributed by atoms with Crippen molar-refractivity contribution < 1.29 is 23.9 Å². The number of ether oxygens (including phenoxy) is 1. The van der Waals surface area contributed by atoms with Crippen LogP contribution in [-0.4, -0.2) is 52.9 Å². The first-order valence-electron chi connectivity index (χ1n) is 14.4. The van der Waals surface area contributed by atoms with Crippen molar-refractivity contribution >= 4 is 34.6 Å². The normalized spacial score (nSPS) is 23.3. The van der Waals surface area contributed by atoms with Crippen LogP contribution in [0.5, 0.6) is 0 Å². The first-order chi connectivity index (χ1) is 19.7. The lowest BCUT2D eigenvalue weighted by Crippen LogP contribution is -2.55. The second-order valence-electron chi connectivity index (χ2n) is 11.0. The van der Waals surface area contributed by atoms with Crippen LogP contribution in [0.1, 0.15) is 57.6 Å². The predicted molar refractivity (Wildman–Crippen MR) is 157 cm³/mol. The van der Waals surface area contributed by atoms with E-state index in [0.717, 1.165) is 41.3 Å². The molecule has 9 nitrogen and oxygen atoms in total. The molecule has 2 heterocycles. The Morgan fingerprint density at radius 1 is 0.878 bits per heavy atom.